The molecule has 2 heterocycles. The molecule has 2 aromatic rings. The van der Waals surface area contributed by atoms with Crippen LogP contribution in [0.3, 0.4) is 0 Å². The van der Waals surface area contributed by atoms with Crippen LogP contribution in [0.5, 0.6) is 0 Å². The Kier molecular flexibility index (Phi) is 3.00. The van der Waals surface area contributed by atoms with Crippen molar-refractivity contribution < 1.29 is 9.52 Å². The minimum absolute atomic E-state index is 0.288. The molecule has 0 unspecified atom stereocenters. The summed E-state index contributed by atoms with van der Waals surface area (Å²) >= 11 is 0. The summed E-state index contributed by atoms with van der Waals surface area (Å²) in [5, 5.41) is 13.5. The van der Waals surface area contributed by atoms with E-state index in [0.29, 0.717) is 16.1 Å². The van der Waals surface area contributed by atoms with Crippen molar-refractivity contribution in [3.63, 3.8) is 0 Å². The molecule has 2 rings (SSSR count). The first-order chi connectivity index (χ1) is 8.15. The number of anilines is 1. The number of hydrogen-bond acceptors (Lipinski definition) is 3. The summed E-state index contributed by atoms with van der Waals surface area (Å²) in [7, 11) is 0. The average molecular weight is 229 g/mol. The fourth-order valence-corrected chi connectivity index (χ4v) is 1.37. The van der Waals surface area contributed by atoms with Gasteiger partial charge in [-0.1, -0.05) is 6.07 Å². The first-order valence-corrected chi connectivity index (χ1v) is 5.09. The van der Waals surface area contributed by atoms with Crippen LogP contribution in [-0.2, 0) is 0 Å². The molecule has 0 bridgehead atoms. The molecule has 0 aromatic carbocycles. The van der Waals surface area contributed by atoms with Crippen molar-refractivity contribution in [2.45, 2.75) is 6.92 Å². The van der Waals surface area contributed by atoms with Crippen LogP contribution in [0.2, 0.25) is 0 Å². The maximum absolute atomic E-state index is 11.8. The van der Waals surface area contributed by atoms with Gasteiger partial charge in [-0.05, 0) is 19.1 Å². The summed E-state index contributed by atoms with van der Waals surface area (Å²) in [6, 6.07) is 8.28. The van der Waals surface area contributed by atoms with E-state index in [0.717, 1.165) is 5.69 Å². The van der Waals surface area contributed by atoms with Gasteiger partial charge in [0.25, 0.3) is 5.91 Å². The molecule has 1 N–H and O–H groups in total. The second-order valence-electron chi connectivity index (χ2n) is 3.57. The van der Waals surface area contributed by atoms with E-state index in [1.807, 2.05) is 19.1 Å². The van der Waals surface area contributed by atoms with Crippen molar-refractivity contribution in [3.05, 3.63) is 59.2 Å². The number of aryl methyl sites for hydroxylation is 1. The summed E-state index contributed by atoms with van der Waals surface area (Å²) in [6.07, 6.45) is 2.55. The molecule has 0 spiro atoms. The van der Waals surface area contributed by atoms with Crippen molar-refractivity contribution in [1.82, 2.24) is 4.98 Å². The Morgan fingerprint density at radius 1 is 1.29 bits per heavy atom. The lowest BCUT2D eigenvalue weighted by atomic mass is 10.2. The third-order valence-electron chi connectivity index (χ3n) is 2.19. The molecule has 0 aliphatic heterocycles. The second-order valence-corrected chi connectivity index (χ2v) is 3.57. The molecule has 0 radical (unpaired) electrons. The van der Waals surface area contributed by atoms with Gasteiger partial charge < -0.3 is 10.5 Å². The highest BCUT2D eigenvalue weighted by atomic mass is 16.5. The average Bonchev–Trinajstić information content (AvgIpc) is 2.29. The van der Waals surface area contributed by atoms with Crippen LogP contribution in [0.15, 0.2) is 42.7 Å². The van der Waals surface area contributed by atoms with Crippen molar-refractivity contribution >= 4 is 11.7 Å². The van der Waals surface area contributed by atoms with E-state index in [1.165, 1.54) is 24.5 Å². The zero-order valence-electron chi connectivity index (χ0n) is 9.25. The first kappa shape index (κ1) is 11.1. The highest BCUT2D eigenvalue weighted by Crippen LogP contribution is 2.06. The molecule has 1 amide bonds. The fraction of sp³-hybridized carbons (Fsp3) is 0.0833. The predicted octanol–water partition coefficient (Wildman–Crippen LogP) is 1.28. The molecular weight excluding hydrogens is 218 g/mol. The second kappa shape index (κ2) is 4.61. The topological polar surface area (TPSA) is 68.9 Å². The number of rotatable bonds is 2. The standard InChI is InChI=1S/C12H11N3O2/c1-9-3-2-4-11(13-9)14-12(16)10-5-7-15(17)8-6-10/h2-8H,1H3,(H,13,14,16). The lowest BCUT2D eigenvalue weighted by Gasteiger charge is -2.04. The minimum atomic E-state index is -0.288. The van der Waals surface area contributed by atoms with Gasteiger partial charge in [-0.15, -0.1) is 0 Å². The Morgan fingerprint density at radius 2 is 2.00 bits per heavy atom. The smallest absolute Gasteiger partial charge is 0.257 e. The van der Waals surface area contributed by atoms with Gasteiger partial charge >= 0.3 is 0 Å². The van der Waals surface area contributed by atoms with Crippen molar-refractivity contribution in [2.75, 3.05) is 5.32 Å². The first-order valence-electron chi connectivity index (χ1n) is 5.09. The van der Waals surface area contributed by atoms with Gasteiger partial charge in [-0.3, -0.25) is 4.79 Å². The van der Waals surface area contributed by atoms with Gasteiger partial charge in [0, 0.05) is 17.8 Å². The van der Waals surface area contributed by atoms with Crippen LogP contribution in [0.25, 0.3) is 0 Å². The van der Waals surface area contributed by atoms with E-state index in [2.05, 4.69) is 10.3 Å². The Balaban J connectivity index is 2.14. The molecule has 0 aliphatic carbocycles. The van der Waals surface area contributed by atoms with Gasteiger partial charge in [0.05, 0.1) is 5.56 Å². The third-order valence-corrected chi connectivity index (χ3v) is 2.19. The number of nitrogens with one attached hydrogen (secondary N) is 1. The summed E-state index contributed by atoms with van der Waals surface area (Å²) in [4.78, 5) is 15.9. The Hall–Kier alpha value is -2.43. The number of amides is 1. The fourth-order valence-electron chi connectivity index (χ4n) is 1.37. The van der Waals surface area contributed by atoms with E-state index in [-0.39, 0.29) is 5.91 Å². The molecular formula is C12H11N3O2. The van der Waals surface area contributed by atoms with E-state index in [9.17, 15) is 10.0 Å². The van der Waals surface area contributed by atoms with E-state index >= 15 is 0 Å². The molecule has 86 valence electrons. The maximum Gasteiger partial charge on any atom is 0.257 e. The number of nitrogens with zero attached hydrogens (tertiary/aromatic N) is 2. The summed E-state index contributed by atoms with van der Waals surface area (Å²) in [5.74, 6) is 0.206. The molecule has 17 heavy (non-hydrogen) atoms. The quantitative estimate of drug-likeness (QED) is 0.623. The largest absolute Gasteiger partial charge is 0.619 e. The van der Waals surface area contributed by atoms with Crippen LogP contribution in [0, 0.1) is 12.1 Å². The summed E-state index contributed by atoms with van der Waals surface area (Å²) in [6.45, 7) is 1.85. The minimum Gasteiger partial charge on any atom is -0.619 e. The van der Waals surface area contributed by atoms with Crippen LogP contribution in [0.1, 0.15) is 16.1 Å². The number of hydrogen-bond donors (Lipinski definition) is 1. The molecule has 0 fully saturated rings. The van der Waals surface area contributed by atoms with Crippen molar-refractivity contribution in [2.24, 2.45) is 0 Å². The molecule has 5 nitrogen and oxygen atoms in total. The number of pyridine rings is 2. The number of aromatic nitrogens is 2. The SMILES string of the molecule is Cc1cccc(NC(=O)c2cc[n+]([O-])cc2)n1. The van der Waals surface area contributed by atoms with Gasteiger partial charge in [-0.2, -0.15) is 4.73 Å². The Morgan fingerprint density at radius 3 is 2.65 bits per heavy atom. The molecule has 0 atom stereocenters. The van der Waals surface area contributed by atoms with Crippen LogP contribution in [0.4, 0.5) is 5.82 Å². The highest BCUT2D eigenvalue weighted by Gasteiger charge is 2.07. The van der Waals surface area contributed by atoms with Gasteiger partial charge in [0.1, 0.15) is 5.82 Å². The van der Waals surface area contributed by atoms with E-state index < -0.39 is 0 Å². The van der Waals surface area contributed by atoms with Crippen molar-refractivity contribution in [3.8, 4) is 0 Å². The molecule has 0 saturated carbocycles. The predicted molar refractivity (Wildman–Crippen MR) is 62.3 cm³/mol. The number of carbonyl (C=O) groups excluding carboxylic acids is 1. The summed E-state index contributed by atoms with van der Waals surface area (Å²) in [5.41, 5.74) is 1.24. The van der Waals surface area contributed by atoms with Gasteiger partial charge in [0.2, 0.25) is 0 Å². The zero-order valence-corrected chi connectivity index (χ0v) is 9.25. The lowest BCUT2D eigenvalue weighted by Crippen LogP contribution is -2.25. The Labute approximate surface area is 98.3 Å². The van der Waals surface area contributed by atoms with Crippen molar-refractivity contribution in [1.29, 1.82) is 0 Å². The van der Waals surface area contributed by atoms with Gasteiger partial charge in [-0.25, -0.2) is 4.98 Å². The molecule has 0 aliphatic rings. The van der Waals surface area contributed by atoms with Crippen LogP contribution < -0.4 is 10.0 Å². The molecule has 5 heteroatoms. The zero-order chi connectivity index (χ0) is 12.3. The lowest BCUT2D eigenvalue weighted by molar-refractivity contribution is -0.605. The third kappa shape index (κ3) is 2.78. The van der Waals surface area contributed by atoms with E-state index in [4.69, 9.17) is 0 Å². The normalized spacial score (nSPS) is 9.94. The number of carbonyl (C=O) groups is 1. The van der Waals surface area contributed by atoms with Crippen LogP contribution >= 0.6 is 0 Å². The van der Waals surface area contributed by atoms with E-state index in [1.54, 1.807) is 6.07 Å². The maximum atomic E-state index is 11.8. The summed E-state index contributed by atoms with van der Waals surface area (Å²) < 4.78 is 0.627. The van der Waals surface area contributed by atoms with Gasteiger partial charge in [0.15, 0.2) is 12.4 Å². The monoisotopic (exact) mass is 229 g/mol. The van der Waals surface area contributed by atoms with Crippen LogP contribution in [-0.4, -0.2) is 10.9 Å². The Bertz CT molecular complexity index is 538. The molecule has 2 aromatic heterocycles. The molecule has 0 saturated heterocycles. The highest BCUT2D eigenvalue weighted by molar-refractivity contribution is 6.03.